The minimum Gasteiger partial charge on any atom is -0.381 e. The number of fused-ring (bicyclic) bond motifs is 3. The van der Waals surface area contributed by atoms with Gasteiger partial charge in [0.05, 0.1) is 21.0 Å². The number of halogens is 1. The first-order valence-electron chi connectivity index (χ1n) is 16.8. The summed E-state index contributed by atoms with van der Waals surface area (Å²) < 4.78 is 19.7. The van der Waals surface area contributed by atoms with Crippen LogP contribution in [0.15, 0.2) is 79.3 Å². The molecule has 3 amide bonds. The molecular weight excluding hydrogens is 670 g/mol. The van der Waals surface area contributed by atoms with E-state index in [4.69, 9.17) is 4.74 Å². The molecule has 2 N–H and O–H groups in total. The summed E-state index contributed by atoms with van der Waals surface area (Å²) in [4.78, 5) is 58.7. The van der Waals surface area contributed by atoms with Gasteiger partial charge in [-0.05, 0) is 98.0 Å². The third-order valence-electron chi connectivity index (χ3n) is 9.71. The maximum Gasteiger partial charge on any atom is 0.266 e. The van der Waals surface area contributed by atoms with Crippen LogP contribution in [0.25, 0.3) is 10.6 Å². The molecule has 2 saturated heterocycles. The smallest absolute Gasteiger partial charge is 0.266 e. The van der Waals surface area contributed by atoms with Gasteiger partial charge in [-0.25, -0.2) is 14.4 Å². The summed E-state index contributed by atoms with van der Waals surface area (Å²) in [6.45, 7) is 5.53. The minimum atomic E-state index is -0.621. The Bertz CT molecular complexity index is 2160. The third kappa shape index (κ3) is 6.34. The fourth-order valence-corrected chi connectivity index (χ4v) is 8.10. The van der Waals surface area contributed by atoms with Gasteiger partial charge in [-0.3, -0.25) is 19.4 Å². The number of carbonyl (C=O) groups excluding carboxylic acids is 3. The summed E-state index contributed by atoms with van der Waals surface area (Å²) >= 11 is 1.24. The SMILES string of the molecule is Cc1cnc(N2CC3(CCOCC3)C2)c(C(=O)Nc2ccc(C(=O)N3CCc4cc(C(=O)Nc5ncccc5F)sc4-c4ncccc43)cc2)c1. The zero-order valence-corrected chi connectivity index (χ0v) is 28.6. The first-order chi connectivity index (χ1) is 24.8. The van der Waals surface area contributed by atoms with Crippen molar-refractivity contribution in [3.05, 3.63) is 112 Å². The molecule has 7 heterocycles. The molecule has 1 aromatic carbocycles. The average molecular weight is 704 g/mol. The van der Waals surface area contributed by atoms with Crippen LogP contribution in [0.2, 0.25) is 0 Å². The fraction of sp³-hybridized carbons (Fsp3) is 0.263. The summed E-state index contributed by atoms with van der Waals surface area (Å²) in [5, 5.41) is 5.54. The van der Waals surface area contributed by atoms with Gasteiger partial charge in [-0.1, -0.05) is 0 Å². The number of carbonyl (C=O) groups is 3. The maximum atomic E-state index is 14.1. The molecule has 3 aliphatic rings. The van der Waals surface area contributed by atoms with Crippen molar-refractivity contribution in [3.8, 4) is 10.6 Å². The van der Waals surface area contributed by atoms with Crippen molar-refractivity contribution in [1.82, 2.24) is 15.0 Å². The number of ether oxygens (including phenoxy) is 1. The van der Waals surface area contributed by atoms with Crippen LogP contribution in [0, 0.1) is 18.2 Å². The lowest BCUT2D eigenvalue weighted by Gasteiger charge is -2.53. The number of amides is 3. The summed E-state index contributed by atoms with van der Waals surface area (Å²) in [6.07, 6.45) is 7.37. The molecule has 8 rings (SSSR count). The summed E-state index contributed by atoms with van der Waals surface area (Å²) in [6, 6.07) is 16.8. The van der Waals surface area contributed by atoms with E-state index in [2.05, 4.69) is 30.5 Å². The highest BCUT2D eigenvalue weighted by molar-refractivity contribution is 7.17. The zero-order valence-electron chi connectivity index (χ0n) is 27.8. The topological polar surface area (TPSA) is 130 Å². The van der Waals surface area contributed by atoms with Gasteiger partial charge in [0.1, 0.15) is 11.5 Å². The monoisotopic (exact) mass is 703 g/mol. The first kappa shape index (κ1) is 32.7. The molecule has 0 aliphatic carbocycles. The summed E-state index contributed by atoms with van der Waals surface area (Å²) in [5.41, 5.74) is 4.73. The van der Waals surface area contributed by atoms with Gasteiger partial charge < -0.3 is 25.2 Å². The van der Waals surface area contributed by atoms with Gasteiger partial charge in [0.2, 0.25) is 0 Å². The highest BCUT2D eigenvalue weighted by Gasteiger charge is 2.45. The number of rotatable bonds is 6. The molecule has 1 spiro atoms. The number of aromatic nitrogens is 3. The lowest BCUT2D eigenvalue weighted by molar-refractivity contribution is -0.000511. The molecule has 0 radical (unpaired) electrons. The van der Waals surface area contributed by atoms with Crippen LogP contribution in [-0.4, -0.2) is 65.5 Å². The van der Waals surface area contributed by atoms with Crippen molar-refractivity contribution in [2.75, 3.05) is 53.3 Å². The van der Waals surface area contributed by atoms with Gasteiger partial charge in [0, 0.05) is 68.1 Å². The standard InChI is InChI=1S/C38H34FN7O4S/c1-23-18-27(34(42-20-23)45-21-38(22-45)11-16-50-17-12-38)35(47)43-26-8-6-24(7-9-26)37(49)46-15-10-25-19-30(36(48)44-33-28(39)4-2-14-41-33)51-32(25)31-29(46)5-3-13-40-31/h2-9,13-14,18-20H,10-12,15-17,21-22H2,1H3,(H,43,47)(H,41,44,48). The molecule has 0 bridgehead atoms. The van der Waals surface area contributed by atoms with Crippen LogP contribution in [-0.2, 0) is 11.2 Å². The van der Waals surface area contributed by atoms with E-state index in [0.717, 1.165) is 55.1 Å². The molecule has 4 aromatic heterocycles. The number of nitrogens with one attached hydrogen (secondary N) is 2. The van der Waals surface area contributed by atoms with Crippen molar-refractivity contribution in [2.24, 2.45) is 5.41 Å². The number of benzene rings is 1. The fourth-order valence-electron chi connectivity index (χ4n) is 6.99. The summed E-state index contributed by atoms with van der Waals surface area (Å²) in [7, 11) is 0. The van der Waals surface area contributed by atoms with Gasteiger partial charge in [0.25, 0.3) is 17.7 Å². The number of pyridine rings is 3. The van der Waals surface area contributed by atoms with Crippen LogP contribution in [0.5, 0.6) is 0 Å². The second-order valence-electron chi connectivity index (χ2n) is 13.2. The van der Waals surface area contributed by atoms with E-state index in [1.807, 2.05) is 19.1 Å². The number of nitrogens with zero attached hydrogens (tertiary/aromatic N) is 5. The Hall–Kier alpha value is -5.53. The van der Waals surface area contributed by atoms with Crippen LogP contribution in [0.3, 0.4) is 0 Å². The Kier molecular flexibility index (Phi) is 8.52. The molecule has 5 aromatic rings. The predicted molar refractivity (Wildman–Crippen MR) is 193 cm³/mol. The van der Waals surface area contributed by atoms with E-state index in [9.17, 15) is 18.8 Å². The van der Waals surface area contributed by atoms with Crippen LogP contribution in [0.4, 0.5) is 27.4 Å². The number of anilines is 4. The number of hydrogen-bond acceptors (Lipinski definition) is 9. The van der Waals surface area contributed by atoms with E-state index in [0.29, 0.717) is 51.9 Å². The van der Waals surface area contributed by atoms with E-state index in [1.54, 1.807) is 53.7 Å². The molecule has 2 fully saturated rings. The number of aryl methyl sites for hydroxylation is 1. The normalized spacial score (nSPS) is 16.0. The Labute approximate surface area is 297 Å². The van der Waals surface area contributed by atoms with Crippen LogP contribution >= 0.6 is 11.3 Å². The molecule has 258 valence electrons. The predicted octanol–water partition coefficient (Wildman–Crippen LogP) is 6.37. The van der Waals surface area contributed by atoms with Crippen molar-refractivity contribution in [3.63, 3.8) is 0 Å². The molecule has 3 aliphatic heterocycles. The second-order valence-corrected chi connectivity index (χ2v) is 14.3. The molecule has 0 atom stereocenters. The highest BCUT2D eigenvalue weighted by Crippen LogP contribution is 2.43. The van der Waals surface area contributed by atoms with Crippen molar-refractivity contribution >= 4 is 52.1 Å². The van der Waals surface area contributed by atoms with E-state index >= 15 is 0 Å². The lowest BCUT2D eigenvalue weighted by atomic mass is 9.73. The Balaban J connectivity index is 0.974. The van der Waals surface area contributed by atoms with Gasteiger partial charge in [-0.15, -0.1) is 11.3 Å². The number of hydrogen-bond donors (Lipinski definition) is 2. The summed E-state index contributed by atoms with van der Waals surface area (Å²) in [5.74, 6) is -1.03. The van der Waals surface area contributed by atoms with Gasteiger partial charge in [-0.2, -0.15) is 0 Å². The molecule has 0 saturated carbocycles. The maximum absolute atomic E-state index is 14.1. The second kappa shape index (κ2) is 13.3. The zero-order chi connectivity index (χ0) is 35.1. The quantitative estimate of drug-likeness (QED) is 0.209. The van der Waals surface area contributed by atoms with Crippen LogP contribution in [0.1, 0.15) is 54.4 Å². The Morgan fingerprint density at radius 2 is 1.69 bits per heavy atom. The van der Waals surface area contributed by atoms with E-state index < -0.39 is 11.7 Å². The molecule has 0 unspecified atom stereocenters. The molecule has 11 nitrogen and oxygen atoms in total. The third-order valence-corrected chi connectivity index (χ3v) is 10.9. The molecular formula is C38H34FN7O4S. The Morgan fingerprint density at radius 3 is 2.47 bits per heavy atom. The Morgan fingerprint density at radius 1 is 0.922 bits per heavy atom. The van der Waals surface area contributed by atoms with E-state index in [-0.39, 0.29) is 23.0 Å². The number of thiophene rings is 1. The van der Waals surface area contributed by atoms with Crippen molar-refractivity contribution in [2.45, 2.75) is 26.2 Å². The van der Waals surface area contributed by atoms with Crippen molar-refractivity contribution < 1.29 is 23.5 Å². The average Bonchev–Trinajstić information content (AvgIpc) is 3.50. The van der Waals surface area contributed by atoms with E-state index in [1.165, 1.54) is 29.7 Å². The molecule has 51 heavy (non-hydrogen) atoms. The minimum absolute atomic E-state index is 0.140. The largest absolute Gasteiger partial charge is 0.381 e. The first-order valence-corrected chi connectivity index (χ1v) is 17.6. The highest BCUT2D eigenvalue weighted by atomic mass is 32.1. The van der Waals surface area contributed by atoms with Gasteiger partial charge in [0.15, 0.2) is 11.6 Å². The van der Waals surface area contributed by atoms with Crippen molar-refractivity contribution in [1.29, 1.82) is 0 Å². The van der Waals surface area contributed by atoms with Crippen LogP contribution < -0.4 is 20.4 Å². The molecule has 13 heteroatoms. The van der Waals surface area contributed by atoms with Gasteiger partial charge >= 0.3 is 0 Å². The lowest BCUT2D eigenvalue weighted by Crippen LogP contribution is -2.59.